The molecule has 0 aliphatic rings. The van der Waals surface area contributed by atoms with Crippen LogP contribution in [0.1, 0.15) is 0 Å². The molecule has 0 fully saturated rings. The third-order valence-corrected chi connectivity index (χ3v) is 2.13. The Morgan fingerprint density at radius 1 is 1.27 bits per heavy atom. The minimum atomic E-state index is -0.351. The van der Waals surface area contributed by atoms with Crippen LogP contribution in [-0.2, 0) is 9.59 Å². The molecule has 0 N–H and O–H groups in total. The van der Waals surface area contributed by atoms with E-state index in [4.69, 9.17) is 0 Å². The first kappa shape index (κ1) is 8.09. The zero-order valence-corrected chi connectivity index (χ0v) is 6.78. The summed E-state index contributed by atoms with van der Waals surface area (Å²) in [5.74, 6) is 0. The van der Waals surface area contributed by atoms with Gasteiger partial charge in [-0.1, -0.05) is 30.3 Å². The minimum absolute atomic E-state index is 0.0287. The molecule has 0 spiro atoms. The van der Waals surface area contributed by atoms with Crippen LogP contribution in [0.3, 0.4) is 0 Å². The van der Waals surface area contributed by atoms with Crippen molar-refractivity contribution in [2.45, 2.75) is 0 Å². The van der Waals surface area contributed by atoms with E-state index < -0.39 is 0 Å². The quantitative estimate of drug-likeness (QED) is 0.376. The summed E-state index contributed by atoms with van der Waals surface area (Å²) in [5, 5.41) is 0.907. The molecule has 2 nitrogen and oxygen atoms in total. The first-order chi connectivity index (χ1) is 5.33. The van der Waals surface area contributed by atoms with Gasteiger partial charge < -0.3 is 0 Å². The summed E-state index contributed by atoms with van der Waals surface area (Å²) >= 11 is 0. The summed E-state index contributed by atoms with van der Waals surface area (Å²) in [7, 11) is -0.0287. The molecule has 1 atom stereocenters. The standard InChI is InChI=1S/C8H7O2P/c9-6-8(10)11-7-4-2-1-3-5-7/h1-6,11H. The molecule has 56 valence electrons. The Bertz CT molecular complexity index is 256. The molecule has 0 saturated heterocycles. The van der Waals surface area contributed by atoms with Crippen LogP contribution >= 0.6 is 8.58 Å². The average Bonchev–Trinajstić information content (AvgIpc) is 2.06. The molecule has 1 aromatic rings. The van der Waals surface area contributed by atoms with Gasteiger partial charge in [0.2, 0.25) is 5.52 Å². The predicted molar refractivity (Wildman–Crippen MR) is 45.5 cm³/mol. The van der Waals surface area contributed by atoms with E-state index in [0.29, 0.717) is 6.29 Å². The molecule has 0 aliphatic heterocycles. The SMILES string of the molecule is O=CC(=O)Pc1ccccc1. The summed E-state index contributed by atoms with van der Waals surface area (Å²) in [6, 6.07) is 9.24. The monoisotopic (exact) mass is 166 g/mol. The van der Waals surface area contributed by atoms with Crippen LogP contribution in [-0.4, -0.2) is 11.8 Å². The molecule has 3 heteroatoms. The molecular formula is C8H7O2P. The first-order valence-corrected chi connectivity index (χ1v) is 4.14. The second-order valence-electron chi connectivity index (χ2n) is 1.97. The van der Waals surface area contributed by atoms with Gasteiger partial charge in [-0.2, -0.15) is 0 Å². The molecule has 11 heavy (non-hydrogen) atoms. The molecule has 0 heterocycles. The molecule has 1 rings (SSSR count). The smallest absolute Gasteiger partial charge is 0.217 e. The van der Waals surface area contributed by atoms with E-state index in [0.717, 1.165) is 5.30 Å². The highest BCUT2D eigenvalue weighted by molar-refractivity contribution is 7.67. The van der Waals surface area contributed by atoms with Crippen molar-refractivity contribution >= 4 is 25.7 Å². The number of aldehydes is 1. The number of benzene rings is 1. The topological polar surface area (TPSA) is 34.1 Å². The van der Waals surface area contributed by atoms with Crippen LogP contribution in [0.4, 0.5) is 0 Å². The van der Waals surface area contributed by atoms with Crippen LogP contribution in [0.25, 0.3) is 0 Å². The van der Waals surface area contributed by atoms with Crippen LogP contribution in [0.2, 0.25) is 0 Å². The summed E-state index contributed by atoms with van der Waals surface area (Å²) in [5.41, 5.74) is -0.351. The Morgan fingerprint density at radius 3 is 2.45 bits per heavy atom. The van der Waals surface area contributed by atoms with E-state index in [1.807, 2.05) is 30.3 Å². The Labute approximate surface area is 66.4 Å². The fourth-order valence-electron chi connectivity index (χ4n) is 0.693. The molecule has 0 aromatic heterocycles. The fraction of sp³-hybridized carbons (Fsp3) is 0. The van der Waals surface area contributed by atoms with E-state index in [2.05, 4.69) is 0 Å². The van der Waals surface area contributed by atoms with Gasteiger partial charge in [0.25, 0.3) is 0 Å². The Hall–Kier alpha value is -1.01. The van der Waals surface area contributed by atoms with Crippen molar-refractivity contribution in [3.63, 3.8) is 0 Å². The molecule has 0 bridgehead atoms. The Morgan fingerprint density at radius 2 is 1.91 bits per heavy atom. The summed E-state index contributed by atoms with van der Waals surface area (Å²) in [6.45, 7) is 0. The van der Waals surface area contributed by atoms with Crippen molar-refractivity contribution in [3.05, 3.63) is 30.3 Å². The summed E-state index contributed by atoms with van der Waals surface area (Å²) in [4.78, 5) is 20.6. The highest BCUT2D eigenvalue weighted by Crippen LogP contribution is 2.08. The van der Waals surface area contributed by atoms with Crippen molar-refractivity contribution < 1.29 is 9.59 Å². The van der Waals surface area contributed by atoms with Crippen LogP contribution in [0, 0.1) is 0 Å². The number of hydrogen-bond donors (Lipinski definition) is 0. The Kier molecular flexibility index (Phi) is 2.94. The first-order valence-electron chi connectivity index (χ1n) is 3.14. The van der Waals surface area contributed by atoms with Crippen LogP contribution < -0.4 is 5.30 Å². The van der Waals surface area contributed by atoms with Crippen molar-refractivity contribution in [2.75, 3.05) is 0 Å². The highest BCUT2D eigenvalue weighted by Gasteiger charge is 1.98. The number of hydrogen-bond acceptors (Lipinski definition) is 2. The lowest BCUT2D eigenvalue weighted by atomic mass is 10.4. The summed E-state index contributed by atoms with van der Waals surface area (Å²) < 4.78 is 0. The van der Waals surface area contributed by atoms with E-state index in [-0.39, 0.29) is 14.1 Å². The lowest BCUT2D eigenvalue weighted by Crippen LogP contribution is -1.99. The zero-order chi connectivity index (χ0) is 8.10. The van der Waals surface area contributed by atoms with Gasteiger partial charge in [0.15, 0.2) is 6.29 Å². The third kappa shape index (κ3) is 2.60. The second-order valence-corrected chi connectivity index (χ2v) is 3.29. The second kappa shape index (κ2) is 3.99. The fourth-order valence-corrected chi connectivity index (χ4v) is 1.40. The van der Waals surface area contributed by atoms with E-state index >= 15 is 0 Å². The maximum Gasteiger partial charge on any atom is 0.217 e. The lowest BCUT2D eigenvalue weighted by molar-refractivity contribution is -0.124. The van der Waals surface area contributed by atoms with E-state index in [1.165, 1.54) is 0 Å². The average molecular weight is 166 g/mol. The normalized spacial score (nSPS) is 10.2. The van der Waals surface area contributed by atoms with Gasteiger partial charge in [-0.15, -0.1) is 0 Å². The van der Waals surface area contributed by atoms with Gasteiger partial charge in [-0.25, -0.2) is 0 Å². The highest BCUT2D eigenvalue weighted by atomic mass is 31.1. The van der Waals surface area contributed by atoms with E-state index in [9.17, 15) is 9.59 Å². The number of carbonyl (C=O) groups is 2. The van der Waals surface area contributed by atoms with Crippen LogP contribution in [0.15, 0.2) is 30.3 Å². The molecule has 0 saturated carbocycles. The van der Waals surface area contributed by atoms with Crippen molar-refractivity contribution in [1.82, 2.24) is 0 Å². The Balaban J connectivity index is 2.65. The number of rotatable bonds is 3. The van der Waals surface area contributed by atoms with E-state index in [1.54, 1.807) is 0 Å². The number of carbonyl (C=O) groups excluding carboxylic acids is 2. The summed E-state index contributed by atoms with van der Waals surface area (Å²) in [6.07, 6.45) is 0.367. The molecule has 0 aliphatic carbocycles. The van der Waals surface area contributed by atoms with Gasteiger partial charge in [-0.05, 0) is 13.9 Å². The van der Waals surface area contributed by atoms with Gasteiger partial charge >= 0.3 is 0 Å². The minimum Gasteiger partial charge on any atom is -0.294 e. The molecule has 1 aromatic carbocycles. The predicted octanol–water partition coefficient (Wildman–Crippen LogP) is 0.716. The van der Waals surface area contributed by atoms with Gasteiger partial charge in [0, 0.05) is 0 Å². The van der Waals surface area contributed by atoms with Crippen LogP contribution in [0.5, 0.6) is 0 Å². The zero-order valence-electron chi connectivity index (χ0n) is 5.78. The maximum absolute atomic E-state index is 10.6. The maximum atomic E-state index is 10.6. The third-order valence-electron chi connectivity index (χ3n) is 1.15. The van der Waals surface area contributed by atoms with Gasteiger partial charge in [0.05, 0.1) is 0 Å². The lowest BCUT2D eigenvalue weighted by Gasteiger charge is -1.93. The largest absolute Gasteiger partial charge is 0.294 e. The van der Waals surface area contributed by atoms with Crippen molar-refractivity contribution in [1.29, 1.82) is 0 Å². The molecular weight excluding hydrogens is 159 g/mol. The van der Waals surface area contributed by atoms with Crippen molar-refractivity contribution in [3.8, 4) is 0 Å². The molecule has 0 radical (unpaired) electrons. The van der Waals surface area contributed by atoms with Gasteiger partial charge in [-0.3, -0.25) is 9.59 Å². The molecule has 1 unspecified atom stereocenters. The van der Waals surface area contributed by atoms with Crippen molar-refractivity contribution in [2.24, 2.45) is 0 Å². The van der Waals surface area contributed by atoms with Gasteiger partial charge in [0.1, 0.15) is 0 Å². The molecule has 0 amide bonds.